The van der Waals surface area contributed by atoms with E-state index in [1.54, 1.807) is 17.4 Å². The molecule has 0 aliphatic carbocycles. The standard InChI is InChI=1S/C16H21NOS/c1-3-5-14(16-6-4-9-19-16)17-11-13-10-12(2)7-8-15(13)18/h4,6-10,14,17-18H,3,5,11H2,1-2H3. The summed E-state index contributed by atoms with van der Waals surface area (Å²) in [5.74, 6) is 0.375. The van der Waals surface area contributed by atoms with Crippen LogP contribution in [0.2, 0.25) is 0 Å². The quantitative estimate of drug-likeness (QED) is 0.819. The van der Waals surface area contributed by atoms with Crippen molar-refractivity contribution in [1.82, 2.24) is 5.32 Å². The van der Waals surface area contributed by atoms with Gasteiger partial charge >= 0.3 is 0 Å². The Morgan fingerprint density at radius 1 is 1.32 bits per heavy atom. The second-order valence-electron chi connectivity index (χ2n) is 4.87. The fourth-order valence-corrected chi connectivity index (χ4v) is 3.05. The number of phenols is 1. The van der Waals surface area contributed by atoms with Crippen LogP contribution in [0.5, 0.6) is 5.75 Å². The molecule has 0 amide bonds. The molecule has 0 saturated heterocycles. The largest absolute Gasteiger partial charge is 0.508 e. The van der Waals surface area contributed by atoms with Gasteiger partial charge in [-0.25, -0.2) is 0 Å². The molecule has 3 heteroatoms. The first kappa shape index (κ1) is 14.1. The van der Waals surface area contributed by atoms with Gasteiger partial charge in [0.05, 0.1) is 0 Å². The van der Waals surface area contributed by atoms with E-state index in [1.165, 1.54) is 10.4 Å². The molecule has 0 fully saturated rings. The summed E-state index contributed by atoms with van der Waals surface area (Å²) in [7, 11) is 0. The molecule has 1 aromatic carbocycles. The number of thiophene rings is 1. The molecule has 0 radical (unpaired) electrons. The number of phenolic OH excluding ortho intramolecular Hbond substituents is 1. The molecule has 19 heavy (non-hydrogen) atoms. The Bertz CT molecular complexity index is 507. The van der Waals surface area contributed by atoms with Gasteiger partial charge in [-0.15, -0.1) is 11.3 Å². The number of nitrogens with one attached hydrogen (secondary N) is 1. The highest BCUT2D eigenvalue weighted by molar-refractivity contribution is 7.10. The minimum atomic E-state index is 0.375. The summed E-state index contributed by atoms with van der Waals surface area (Å²) in [6.45, 7) is 4.95. The number of hydrogen-bond acceptors (Lipinski definition) is 3. The zero-order valence-electron chi connectivity index (χ0n) is 11.5. The first-order valence-corrected chi connectivity index (χ1v) is 7.64. The highest BCUT2D eigenvalue weighted by Gasteiger charge is 2.12. The van der Waals surface area contributed by atoms with Gasteiger partial charge in [-0.3, -0.25) is 0 Å². The smallest absolute Gasteiger partial charge is 0.120 e. The molecule has 0 aliphatic rings. The second-order valence-corrected chi connectivity index (χ2v) is 5.85. The third-order valence-electron chi connectivity index (χ3n) is 3.24. The van der Waals surface area contributed by atoms with Gasteiger partial charge in [0.15, 0.2) is 0 Å². The number of rotatable bonds is 6. The molecule has 0 saturated carbocycles. The van der Waals surface area contributed by atoms with Crippen LogP contribution in [-0.4, -0.2) is 5.11 Å². The maximum Gasteiger partial charge on any atom is 0.120 e. The zero-order chi connectivity index (χ0) is 13.7. The first-order valence-electron chi connectivity index (χ1n) is 6.76. The molecule has 0 aliphatic heterocycles. The van der Waals surface area contributed by atoms with Crippen LogP contribution in [0.25, 0.3) is 0 Å². The molecule has 0 spiro atoms. The highest BCUT2D eigenvalue weighted by atomic mass is 32.1. The lowest BCUT2D eigenvalue weighted by atomic mass is 10.1. The van der Waals surface area contributed by atoms with Gasteiger partial charge in [0.25, 0.3) is 0 Å². The van der Waals surface area contributed by atoms with E-state index < -0.39 is 0 Å². The van der Waals surface area contributed by atoms with Gasteiger partial charge in [0.1, 0.15) is 5.75 Å². The van der Waals surface area contributed by atoms with E-state index in [9.17, 15) is 5.11 Å². The third kappa shape index (κ3) is 3.82. The van der Waals surface area contributed by atoms with Crippen LogP contribution in [0.4, 0.5) is 0 Å². The van der Waals surface area contributed by atoms with Gasteiger partial charge in [-0.2, -0.15) is 0 Å². The molecule has 1 atom stereocenters. The Hall–Kier alpha value is -1.32. The number of hydrogen-bond donors (Lipinski definition) is 2. The Balaban J connectivity index is 2.04. The van der Waals surface area contributed by atoms with Crippen molar-refractivity contribution in [3.63, 3.8) is 0 Å². The van der Waals surface area contributed by atoms with Crippen molar-refractivity contribution in [1.29, 1.82) is 0 Å². The van der Waals surface area contributed by atoms with Crippen LogP contribution in [0.1, 0.15) is 41.8 Å². The molecule has 1 heterocycles. The molecule has 102 valence electrons. The minimum absolute atomic E-state index is 0.375. The molecule has 1 unspecified atom stereocenters. The summed E-state index contributed by atoms with van der Waals surface area (Å²) in [5, 5.41) is 15.5. The fraction of sp³-hybridized carbons (Fsp3) is 0.375. The van der Waals surface area contributed by atoms with Gasteiger partial charge in [-0.1, -0.05) is 37.1 Å². The Morgan fingerprint density at radius 3 is 2.84 bits per heavy atom. The molecule has 2 rings (SSSR count). The lowest BCUT2D eigenvalue weighted by Crippen LogP contribution is -2.20. The van der Waals surface area contributed by atoms with Crippen molar-refractivity contribution in [2.75, 3.05) is 0 Å². The molecule has 0 bridgehead atoms. The number of benzene rings is 1. The summed E-state index contributed by atoms with van der Waals surface area (Å²) in [5.41, 5.74) is 2.15. The van der Waals surface area contributed by atoms with Crippen LogP contribution < -0.4 is 5.32 Å². The van der Waals surface area contributed by atoms with Crippen LogP contribution >= 0.6 is 11.3 Å². The highest BCUT2D eigenvalue weighted by Crippen LogP contribution is 2.25. The van der Waals surface area contributed by atoms with E-state index >= 15 is 0 Å². The Labute approximate surface area is 119 Å². The normalized spacial score (nSPS) is 12.5. The van der Waals surface area contributed by atoms with Crippen molar-refractivity contribution in [2.24, 2.45) is 0 Å². The third-order valence-corrected chi connectivity index (χ3v) is 4.22. The lowest BCUT2D eigenvalue weighted by molar-refractivity contribution is 0.452. The van der Waals surface area contributed by atoms with Gasteiger partial charge in [0, 0.05) is 23.0 Å². The number of aryl methyl sites for hydroxylation is 1. The molecule has 1 aromatic heterocycles. The minimum Gasteiger partial charge on any atom is -0.508 e. The average Bonchev–Trinajstić information content (AvgIpc) is 2.92. The fourth-order valence-electron chi connectivity index (χ4n) is 2.21. The molecular weight excluding hydrogens is 254 g/mol. The summed E-state index contributed by atoms with van der Waals surface area (Å²) < 4.78 is 0. The van der Waals surface area contributed by atoms with Crippen molar-refractivity contribution >= 4 is 11.3 Å². The average molecular weight is 275 g/mol. The van der Waals surface area contributed by atoms with Crippen molar-refractivity contribution in [3.05, 3.63) is 51.7 Å². The van der Waals surface area contributed by atoms with E-state index in [-0.39, 0.29) is 0 Å². The topological polar surface area (TPSA) is 32.3 Å². The summed E-state index contributed by atoms with van der Waals surface area (Å²) in [4.78, 5) is 1.37. The van der Waals surface area contributed by atoms with Crippen LogP contribution in [-0.2, 0) is 6.54 Å². The van der Waals surface area contributed by atoms with E-state index in [1.807, 2.05) is 19.1 Å². The molecule has 2 aromatic rings. The maximum absolute atomic E-state index is 9.87. The summed E-state index contributed by atoms with van der Waals surface area (Å²) in [6, 6.07) is 10.4. The number of aromatic hydroxyl groups is 1. The van der Waals surface area contributed by atoms with E-state index in [4.69, 9.17) is 0 Å². The van der Waals surface area contributed by atoms with Crippen LogP contribution in [0.3, 0.4) is 0 Å². The van der Waals surface area contributed by atoms with Crippen LogP contribution in [0, 0.1) is 6.92 Å². The van der Waals surface area contributed by atoms with E-state index in [0.717, 1.165) is 18.4 Å². The zero-order valence-corrected chi connectivity index (χ0v) is 12.3. The molecular formula is C16H21NOS. The van der Waals surface area contributed by atoms with Crippen molar-refractivity contribution in [3.8, 4) is 5.75 Å². The van der Waals surface area contributed by atoms with Crippen LogP contribution in [0.15, 0.2) is 35.7 Å². The molecule has 2 N–H and O–H groups in total. The van der Waals surface area contributed by atoms with Crippen molar-refractivity contribution in [2.45, 2.75) is 39.3 Å². The van der Waals surface area contributed by atoms with Crippen molar-refractivity contribution < 1.29 is 5.11 Å². The summed E-state index contributed by atoms with van der Waals surface area (Å²) in [6.07, 6.45) is 2.27. The summed E-state index contributed by atoms with van der Waals surface area (Å²) >= 11 is 1.79. The predicted octanol–water partition coefficient (Wildman–Crippen LogP) is 4.39. The van der Waals surface area contributed by atoms with E-state index in [2.05, 4.69) is 29.8 Å². The van der Waals surface area contributed by atoms with Gasteiger partial charge in [-0.05, 0) is 30.9 Å². The SMILES string of the molecule is CCCC(NCc1cc(C)ccc1O)c1cccs1. The van der Waals surface area contributed by atoms with E-state index in [0.29, 0.717) is 18.3 Å². The van der Waals surface area contributed by atoms with Gasteiger partial charge < -0.3 is 10.4 Å². The van der Waals surface area contributed by atoms with Gasteiger partial charge in [0.2, 0.25) is 0 Å². The monoisotopic (exact) mass is 275 g/mol. The lowest BCUT2D eigenvalue weighted by Gasteiger charge is -2.17. The maximum atomic E-state index is 9.87. The Morgan fingerprint density at radius 2 is 2.16 bits per heavy atom. The second kappa shape index (κ2) is 6.73. The first-order chi connectivity index (χ1) is 9.20. The Kier molecular flexibility index (Phi) is 5.00. The predicted molar refractivity (Wildman–Crippen MR) is 81.7 cm³/mol. The molecule has 2 nitrogen and oxygen atoms in total.